The Hall–Kier alpha value is -4.49. The van der Waals surface area contributed by atoms with E-state index in [2.05, 4.69) is 30.9 Å². The number of nitrogens with zero attached hydrogens (tertiary/aromatic N) is 5. The number of hydrogen-bond donors (Lipinski definition) is 3. The van der Waals surface area contributed by atoms with Gasteiger partial charge in [-0.3, -0.25) is 10.1 Å². The summed E-state index contributed by atoms with van der Waals surface area (Å²) < 4.78 is 29.7. The summed E-state index contributed by atoms with van der Waals surface area (Å²) in [6.07, 6.45) is 1.59. The number of hydrogen-bond acceptors (Lipinski definition) is 8. The van der Waals surface area contributed by atoms with Gasteiger partial charge in [-0.05, 0) is 38.4 Å². The van der Waals surface area contributed by atoms with Crippen LogP contribution in [0.4, 0.5) is 36.2 Å². The summed E-state index contributed by atoms with van der Waals surface area (Å²) in [4.78, 5) is 41.9. The molecule has 0 radical (unpaired) electrons. The van der Waals surface area contributed by atoms with Crippen LogP contribution in [0.3, 0.4) is 0 Å². The van der Waals surface area contributed by atoms with E-state index in [0.29, 0.717) is 40.6 Å². The number of nitrogens with one attached hydrogen (secondary N) is 3. The lowest BCUT2D eigenvalue weighted by Gasteiger charge is -2.30. The number of carbonyl (C=O) groups excluding carboxylic acids is 2. The van der Waals surface area contributed by atoms with Gasteiger partial charge in [0.15, 0.2) is 10.9 Å². The Morgan fingerprint density at radius 3 is 2.64 bits per heavy atom. The number of thiazole rings is 1. The van der Waals surface area contributed by atoms with E-state index in [1.54, 1.807) is 35.8 Å². The minimum atomic E-state index is -0.916. The molecule has 4 aromatic rings. The Balaban J connectivity index is 1.62. The van der Waals surface area contributed by atoms with E-state index in [0.717, 1.165) is 17.0 Å². The van der Waals surface area contributed by atoms with Crippen molar-refractivity contribution in [1.82, 2.24) is 25.2 Å². The van der Waals surface area contributed by atoms with Crippen LogP contribution in [0.2, 0.25) is 0 Å². The third-order valence-electron chi connectivity index (χ3n) is 5.87. The first-order chi connectivity index (χ1) is 18.8. The molecule has 10 nitrogen and oxygen atoms in total. The number of fused-ring (bicyclic) bond motifs is 1. The summed E-state index contributed by atoms with van der Waals surface area (Å²) in [5, 5.41) is 10.7. The van der Waals surface area contributed by atoms with Gasteiger partial charge in [0, 0.05) is 41.4 Å². The molecule has 3 heterocycles. The fraction of sp³-hybridized carbons (Fsp3) is 0.192. The van der Waals surface area contributed by atoms with Crippen molar-refractivity contribution in [1.29, 1.82) is 0 Å². The van der Waals surface area contributed by atoms with Crippen molar-refractivity contribution in [3.8, 4) is 11.3 Å². The van der Waals surface area contributed by atoms with Gasteiger partial charge in [0.2, 0.25) is 5.95 Å². The van der Waals surface area contributed by atoms with Crippen LogP contribution in [0.5, 0.6) is 0 Å². The molecule has 2 aromatic heterocycles. The molecule has 0 atom stereocenters. The minimum Gasteiger partial charge on any atom is -0.353 e. The maximum absolute atomic E-state index is 14.8. The molecule has 200 valence electrons. The summed E-state index contributed by atoms with van der Waals surface area (Å²) >= 11 is 1.29. The number of likely N-dealkylation sites (N-methyl/N-ethyl adjacent to an activating group) is 1. The molecule has 0 saturated heterocycles. The monoisotopic (exact) mass is 550 g/mol. The first-order valence-electron chi connectivity index (χ1n) is 11.9. The zero-order valence-corrected chi connectivity index (χ0v) is 21.9. The summed E-state index contributed by atoms with van der Waals surface area (Å²) in [6.45, 7) is 1.15. The standard InChI is InChI=1S/C26H24F2N8O2S/c1-35(2)11-9-29-24-32-20(15-5-3-6-16(13-15)23(37)34-25-30-10-12-39-25)17-14-31-26(38)36(22(17)33-24)21-18(27)7-4-8-19(21)28/h3-8,10,12-13H,9,11,14H2,1-2H3,(H,31,38)(H,29,32,33)(H,30,34,37). The summed E-state index contributed by atoms with van der Waals surface area (Å²) in [5.74, 6) is -1.98. The molecular formula is C26H24F2N8O2S. The smallest absolute Gasteiger partial charge is 0.328 e. The van der Waals surface area contributed by atoms with Crippen molar-refractivity contribution in [3.63, 3.8) is 0 Å². The second-order valence-corrected chi connectivity index (χ2v) is 9.76. The molecule has 0 bridgehead atoms. The fourth-order valence-corrected chi connectivity index (χ4v) is 4.56. The van der Waals surface area contributed by atoms with E-state index < -0.39 is 23.4 Å². The first-order valence-corrected chi connectivity index (χ1v) is 12.8. The van der Waals surface area contributed by atoms with Crippen LogP contribution >= 0.6 is 11.3 Å². The Labute approximate surface area is 226 Å². The second kappa shape index (κ2) is 11.1. The van der Waals surface area contributed by atoms with Gasteiger partial charge in [0.25, 0.3) is 5.91 Å². The number of carbonyl (C=O) groups is 2. The number of urea groups is 1. The number of anilines is 4. The van der Waals surface area contributed by atoms with E-state index in [9.17, 15) is 18.4 Å². The highest BCUT2D eigenvalue weighted by atomic mass is 32.1. The summed E-state index contributed by atoms with van der Waals surface area (Å²) in [6, 6.07) is 9.40. The molecule has 39 heavy (non-hydrogen) atoms. The van der Waals surface area contributed by atoms with E-state index in [-0.39, 0.29) is 24.2 Å². The zero-order chi connectivity index (χ0) is 27.5. The van der Waals surface area contributed by atoms with Crippen LogP contribution in [0.25, 0.3) is 11.3 Å². The van der Waals surface area contributed by atoms with Crippen LogP contribution in [0.15, 0.2) is 54.0 Å². The second-order valence-electron chi connectivity index (χ2n) is 8.86. The van der Waals surface area contributed by atoms with Crippen LogP contribution in [-0.4, -0.2) is 59.0 Å². The van der Waals surface area contributed by atoms with E-state index in [1.807, 2.05) is 19.0 Å². The van der Waals surface area contributed by atoms with Crippen molar-refractivity contribution in [3.05, 3.63) is 76.8 Å². The average molecular weight is 551 g/mol. The predicted molar refractivity (Wildman–Crippen MR) is 145 cm³/mol. The van der Waals surface area contributed by atoms with Crippen LogP contribution < -0.4 is 20.9 Å². The predicted octanol–water partition coefficient (Wildman–Crippen LogP) is 4.47. The molecule has 0 fully saturated rings. The molecule has 0 saturated carbocycles. The Bertz CT molecular complexity index is 1510. The molecule has 13 heteroatoms. The van der Waals surface area contributed by atoms with E-state index in [4.69, 9.17) is 0 Å². The normalized spacial score (nSPS) is 12.7. The molecule has 5 rings (SSSR count). The van der Waals surface area contributed by atoms with Gasteiger partial charge in [-0.2, -0.15) is 4.98 Å². The summed E-state index contributed by atoms with van der Waals surface area (Å²) in [5.41, 5.74) is 1.21. The van der Waals surface area contributed by atoms with Gasteiger partial charge < -0.3 is 15.5 Å². The SMILES string of the molecule is CN(C)CCNc1nc(-c2cccc(C(=O)Nc3nccs3)c2)c2c(n1)N(c1c(F)cccc1F)C(=O)NC2. The first kappa shape index (κ1) is 26.1. The maximum Gasteiger partial charge on any atom is 0.328 e. The number of para-hydroxylation sites is 1. The lowest BCUT2D eigenvalue weighted by molar-refractivity contribution is 0.102. The lowest BCUT2D eigenvalue weighted by Crippen LogP contribution is -2.43. The molecule has 0 aliphatic carbocycles. The van der Waals surface area contributed by atoms with Crippen molar-refractivity contribution in [2.45, 2.75) is 6.54 Å². The molecule has 0 unspecified atom stereocenters. The molecule has 3 N–H and O–H groups in total. The molecule has 2 aromatic carbocycles. The van der Waals surface area contributed by atoms with Crippen molar-refractivity contribution in [2.24, 2.45) is 0 Å². The number of halogens is 2. The number of rotatable bonds is 8. The molecule has 3 amide bonds. The van der Waals surface area contributed by atoms with Gasteiger partial charge >= 0.3 is 6.03 Å². The van der Waals surface area contributed by atoms with Gasteiger partial charge in [-0.25, -0.2) is 28.4 Å². The zero-order valence-electron chi connectivity index (χ0n) is 21.0. The fourth-order valence-electron chi connectivity index (χ4n) is 4.04. The average Bonchev–Trinajstić information content (AvgIpc) is 3.42. The van der Waals surface area contributed by atoms with Crippen molar-refractivity contribution >= 4 is 45.9 Å². The van der Waals surface area contributed by atoms with Crippen LogP contribution in [0, 0.1) is 11.6 Å². The van der Waals surface area contributed by atoms with E-state index >= 15 is 0 Å². The largest absolute Gasteiger partial charge is 0.353 e. The Morgan fingerprint density at radius 1 is 1.15 bits per heavy atom. The van der Waals surface area contributed by atoms with Gasteiger partial charge in [-0.1, -0.05) is 18.2 Å². The quantitative estimate of drug-likeness (QED) is 0.297. The van der Waals surface area contributed by atoms with Crippen LogP contribution in [0.1, 0.15) is 15.9 Å². The van der Waals surface area contributed by atoms with Gasteiger partial charge in [-0.15, -0.1) is 11.3 Å². The highest BCUT2D eigenvalue weighted by molar-refractivity contribution is 7.13. The molecule has 0 spiro atoms. The van der Waals surface area contributed by atoms with Gasteiger partial charge in [0.1, 0.15) is 17.3 Å². The highest BCUT2D eigenvalue weighted by Gasteiger charge is 2.34. The van der Waals surface area contributed by atoms with Crippen molar-refractivity contribution < 1.29 is 18.4 Å². The van der Waals surface area contributed by atoms with Gasteiger partial charge in [0.05, 0.1) is 12.2 Å². The third kappa shape index (κ3) is 5.54. The lowest BCUT2D eigenvalue weighted by atomic mass is 10.0. The Kier molecular flexibility index (Phi) is 7.43. The van der Waals surface area contributed by atoms with Crippen molar-refractivity contribution in [2.75, 3.05) is 42.7 Å². The third-order valence-corrected chi connectivity index (χ3v) is 6.56. The summed E-state index contributed by atoms with van der Waals surface area (Å²) in [7, 11) is 3.83. The number of benzene rings is 2. The molecule has 1 aliphatic rings. The highest BCUT2D eigenvalue weighted by Crippen LogP contribution is 2.38. The molecule has 1 aliphatic heterocycles. The topological polar surface area (TPSA) is 115 Å². The number of aromatic nitrogens is 3. The maximum atomic E-state index is 14.8. The molecular weight excluding hydrogens is 526 g/mol. The number of amides is 3. The van der Waals surface area contributed by atoms with Crippen LogP contribution in [-0.2, 0) is 6.54 Å². The van der Waals surface area contributed by atoms with E-state index in [1.165, 1.54) is 17.4 Å². The minimum absolute atomic E-state index is 0.0174. The Morgan fingerprint density at radius 2 is 1.92 bits per heavy atom.